The van der Waals surface area contributed by atoms with Crippen molar-refractivity contribution in [2.24, 2.45) is 0 Å². The Morgan fingerprint density at radius 2 is 2.07 bits per heavy atom. The van der Waals surface area contributed by atoms with Crippen LogP contribution in [-0.2, 0) is 4.74 Å². The van der Waals surface area contributed by atoms with E-state index in [-0.39, 0.29) is 18.1 Å². The fourth-order valence-corrected chi connectivity index (χ4v) is 3.56. The number of carbonyl (C=O) groups is 1. The lowest BCUT2D eigenvalue weighted by Crippen LogP contribution is -2.46. The number of benzene rings is 1. The van der Waals surface area contributed by atoms with Gasteiger partial charge < -0.3 is 9.64 Å². The van der Waals surface area contributed by atoms with Gasteiger partial charge in [0.2, 0.25) is 0 Å². The van der Waals surface area contributed by atoms with Crippen molar-refractivity contribution in [1.29, 1.82) is 0 Å². The Morgan fingerprint density at radius 1 is 1.28 bits per heavy atom. The van der Waals surface area contributed by atoms with Crippen molar-refractivity contribution >= 4 is 11.8 Å². The van der Waals surface area contributed by atoms with Crippen LogP contribution in [0.25, 0.3) is 5.69 Å². The first kappa shape index (κ1) is 19.1. The van der Waals surface area contributed by atoms with Crippen LogP contribution < -0.4 is 5.32 Å². The van der Waals surface area contributed by atoms with Crippen LogP contribution in [0.2, 0.25) is 0 Å². The molecule has 9 nitrogen and oxygen atoms in total. The van der Waals surface area contributed by atoms with Gasteiger partial charge in [-0.15, -0.1) is 0 Å². The average molecular weight is 395 g/mol. The van der Waals surface area contributed by atoms with Gasteiger partial charge in [-0.2, -0.15) is 10.2 Å². The maximum Gasteiger partial charge on any atom is 0.323 e. The van der Waals surface area contributed by atoms with Crippen molar-refractivity contribution in [3.63, 3.8) is 0 Å². The summed E-state index contributed by atoms with van der Waals surface area (Å²) in [6, 6.07) is 11.3. The van der Waals surface area contributed by atoms with Crippen molar-refractivity contribution in [2.45, 2.75) is 32.9 Å². The summed E-state index contributed by atoms with van der Waals surface area (Å²) >= 11 is 0. The number of ether oxygens (including phenoxy) is 1. The molecule has 1 saturated heterocycles. The molecule has 152 valence electrons. The first-order valence-corrected chi connectivity index (χ1v) is 9.71. The van der Waals surface area contributed by atoms with Gasteiger partial charge in [-0.25, -0.2) is 14.5 Å². The molecule has 1 aliphatic rings. The van der Waals surface area contributed by atoms with Gasteiger partial charge in [0.15, 0.2) is 11.6 Å². The molecule has 2 aromatic heterocycles. The highest BCUT2D eigenvalue weighted by Gasteiger charge is 2.33. The van der Waals surface area contributed by atoms with E-state index in [0.717, 1.165) is 11.4 Å². The Balaban J connectivity index is 1.58. The third kappa shape index (κ3) is 3.86. The minimum atomic E-state index is -0.347. The smallest absolute Gasteiger partial charge is 0.323 e. The summed E-state index contributed by atoms with van der Waals surface area (Å²) in [5, 5.41) is 11.8. The highest BCUT2D eigenvalue weighted by atomic mass is 16.5. The number of urea groups is 1. The summed E-state index contributed by atoms with van der Waals surface area (Å²) < 4.78 is 9.29. The van der Waals surface area contributed by atoms with Crippen molar-refractivity contribution in [2.75, 3.05) is 25.1 Å². The molecular formula is C20H25N7O2. The van der Waals surface area contributed by atoms with Gasteiger partial charge in [-0.3, -0.25) is 10.00 Å². The van der Waals surface area contributed by atoms with E-state index < -0.39 is 0 Å². The van der Waals surface area contributed by atoms with Crippen LogP contribution in [0.15, 0.2) is 42.7 Å². The number of amides is 2. The molecule has 2 amide bonds. The summed E-state index contributed by atoms with van der Waals surface area (Å²) in [5.41, 5.74) is 1.88. The molecule has 9 heteroatoms. The topological polar surface area (TPSA) is 90.1 Å². The van der Waals surface area contributed by atoms with Crippen LogP contribution in [0.1, 0.15) is 37.4 Å². The lowest BCUT2D eigenvalue weighted by molar-refractivity contribution is 0.0110. The summed E-state index contributed by atoms with van der Waals surface area (Å²) in [5.74, 6) is 1.20. The van der Waals surface area contributed by atoms with Crippen LogP contribution in [0.5, 0.6) is 0 Å². The molecule has 0 radical (unpaired) electrons. The van der Waals surface area contributed by atoms with E-state index in [2.05, 4.69) is 34.3 Å². The number of nitrogens with zero attached hydrogens (tertiary/aromatic N) is 6. The van der Waals surface area contributed by atoms with Crippen molar-refractivity contribution in [3.8, 4) is 5.69 Å². The maximum atomic E-state index is 13.1. The number of nitrogens with one attached hydrogen (secondary N) is 1. The number of aromatic nitrogens is 5. The van der Waals surface area contributed by atoms with Crippen LogP contribution >= 0.6 is 0 Å². The van der Waals surface area contributed by atoms with Crippen LogP contribution in [0.4, 0.5) is 10.6 Å². The van der Waals surface area contributed by atoms with Gasteiger partial charge in [0, 0.05) is 24.3 Å². The SMILES string of the molecule is Cc1cc(NC(=O)N2CCOCC2c2ncnn2-c2ccccc2)nn1C(C)C. The Labute approximate surface area is 169 Å². The largest absolute Gasteiger partial charge is 0.377 e. The molecule has 1 atom stereocenters. The molecule has 0 spiro atoms. The molecule has 1 fully saturated rings. The predicted molar refractivity (Wildman–Crippen MR) is 108 cm³/mol. The summed E-state index contributed by atoms with van der Waals surface area (Å²) in [4.78, 5) is 19.2. The zero-order chi connectivity index (χ0) is 20.4. The molecule has 1 aliphatic heterocycles. The molecule has 4 rings (SSSR count). The lowest BCUT2D eigenvalue weighted by atomic mass is 10.2. The quantitative estimate of drug-likeness (QED) is 0.733. The third-order valence-electron chi connectivity index (χ3n) is 4.91. The molecule has 1 unspecified atom stereocenters. The Kier molecular flexibility index (Phi) is 5.30. The fraction of sp³-hybridized carbons (Fsp3) is 0.400. The second-order valence-corrected chi connectivity index (χ2v) is 7.29. The van der Waals surface area contributed by atoms with Gasteiger partial charge in [0.1, 0.15) is 12.4 Å². The predicted octanol–water partition coefficient (Wildman–Crippen LogP) is 2.96. The number of hydrogen-bond acceptors (Lipinski definition) is 5. The first-order valence-electron chi connectivity index (χ1n) is 9.71. The van der Waals surface area contributed by atoms with E-state index in [0.29, 0.717) is 31.4 Å². The summed E-state index contributed by atoms with van der Waals surface area (Å²) in [6.07, 6.45) is 1.50. The third-order valence-corrected chi connectivity index (χ3v) is 4.91. The Bertz CT molecular complexity index is 980. The zero-order valence-corrected chi connectivity index (χ0v) is 16.8. The lowest BCUT2D eigenvalue weighted by Gasteiger charge is -2.34. The highest BCUT2D eigenvalue weighted by Crippen LogP contribution is 2.25. The summed E-state index contributed by atoms with van der Waals surface area (Å²) in [6.45, 7) is 7.38. The maximum absolute atomic E-state index is 13.1. The Hall–Kier alpha value is -3.20. The Morgan fingerprint density at radius 3 is 2.79 bits per heavy atom. The molecule has 1 N–H and O–H groups in total. The molecular weight excluding hydrogens is 370 g/mol. The van der Waals surface area contributed by atoms with E-state index in [1.165, 1.54) is 6.33 Å². The van der Waals surface area contributed by atoms with Gasteiger partial charge in [-0.1, -0.05) is 18.2 Å². The number of carbonyl (C=O) groups excluding carboxylic acids is 1. The number of anilines is 1. The van der Waals surface area contributed by atoms with E-state index in [4.69, 9.17) is 4.74 Å². The van der Waals surface area contributed by atoms with Gasteiger partial charge >= 0.3 is 6.03 Å². The van der Waals surface area contributed by atoms with Crippen LogP contribution in [0.3, 0.4) is 0 Å². The minimum absolute atomic E-state index is 0.223. The molecule has 1 aromatic carbocycles. The van der Waals surface area contributed by atoms with E-state index >= 15 is 0 Å². The number of morpholine rings is 1. The van der Waals surface area contributed by atoms with E-state index in [1.807, 2.05) is 48.0 Å². The molecule has 0 bridgehead atoms. The number of rotatable bonds is 4. The van der Waals surface area contributed by atoms with Gasteiger partial charge in [0.05, 0.1) is 18.9 Å². The highest BCUT2D eigenvalue weighted by molar-refractivity contribution is 5.88. The zero-order valence-electron chi connectivity index (χ0n) is 16.8. The fourth-order valence-electron chi connectivity index (χ4n) is 3.56. The molecule has 3 heterocycles. The van der Waals surface area contributed by atoms with Crippen molar-refractivity contribution in [1.82, 2.24) is 29.4 Å². The van der Waals surface area contributed by atoms with Crippen molar-refractivity contribution in [3.05, 3.63) is 54.2 Å². The van der Waals surface area contributed by atoms with Gasteiger partial charge in [0.25, 0.3) is 0 Å². The monoisotopic (exact) mass is 395 g/mol. The van der Waals surface area contributed by atoms with Crippen LogP contribution in [-0.4, -0.2) is 55.2 Å². The molecule has 29 heavy (non-hydrogen) atoms. The summed E-state index contributed by atoms with van der Waals surface area (Å²) in [7, 11) is 0. The minimum Gasteiger partial charge on any atom is -0.377 e. The van der Waals surface area contributed by atoms with Crippen molar-refractivity contribution < 1.29 is 9.53 Å². The number of hydrogen-bond donors (Lipinski definition) is 1. The van der Waals surface area contributed by atoms with Gasteiger partial charge in [-0.05, 0) is 32.9 Å². The second-order valence-electron chi connectivity index (χ2n) is 7.29. The van der Waals surface area contributed by atoms with Crippen LogP contribution in [0, 0.1) is 6.92 Å². The van der Waals surface area contributed by atoms with E-state index in [1.54, 1.807) is 9.58 Å². The number of aryl methyl sites for hydroxylation is 1. The normalized spacial score (nSPS) is 17.0. The first-order chi connectivity index (χ1) is 14.0. The second kappa shape index (κ2) is 8.04. The molecule has 0 aliphatic carbocycles. The van der Waals surface area contributed by atoms with E-state index in [9.17, 15) is 4.79 Å². The average Bonchev–Trinajstić information content (AvgIpc) is 3.35. The standard InChI is InChI=1S/C20H25N7O2/c1-14(2)26-15(3)11-18(24-26)23-20(28)25-9-10-29-12-17(25)19-21-13-22-27(19)16-7-5-4-6-8-16/h4-8,11,13-14,17H,9-10,12H2,1-3H3,(H,23,24,28). The molecule has 0 saturated carbocycles. The molecule has 3 aromatic rings. The number of para-hydroxylation sites is 1.